The van der Waals surface area contributed by atoms with Crippen molar-refractivity contribution in [1.82, 2.24) is 9.80 Å². The molecule has 0 unspecified atom stereocenters. The minimum absolute atomic E-state index is 0.0571. The van der Waals surface area contributed by atoms with E-state index in [-0.39, 0.29) is 11.7 Å². The first-order valence-corrected chi connectivity index (χ1v) is 9.89. The van der Waals surface area contributed by atoms with Crippen LogP contribution >= 0.6 is 0 Å². The van der Waals surface area contributed by atoms with Gasteiger partial charge >= 0.3 is 0 Å². The highest BCUT2D eigenvalue weighted by atomic mass is 32.2. The summed E-state index contributed by atoms with van der Waals surface area (Å²) in [7, 11) is -0.515. The van der Waals surface area contributed by atoms with E-state index in [1.165, 1.54) is 19.0 Å². The Morgan fingerprint density at radius 3 is 2.42 bits per heavy atom. The van der Waals surface area contributed by atoms with E-state index in [1.54, 1.807) is 24.3 Å². The first-order valence-electron chi connectivity index (χ1n) is 8.07. The molecule has 6 nitrogen and oxygen atoms in total. The van der Waals surface area contributed by atoms with E-state index in [0.29, 0.717) is 11.1 Å². The average Bonchev–Trinajstić information content (AvgIpc) is 2.54. The van der Waals surface area contributed by atoms with Crippen molar-refractivity contribution in [3.8, 4) is 0 Å². The fourth-order valence-electron chi connectivity index (χ4n) is 2.70. The first-order chi connectivity index (χ1) is 11.3. The van der Waals surface area contributed by atoms with Crippen LogP contribution in [0.4, 0.5) is 0 Å². The zero-order valence-electron chi connectivity index (χ0n) is 14.2. The van der Waals surface area contributed by atoms with Gasteiger partial charge in [0, 0.05) is 32.7 Å². The zero-order valence-corrected chi connectivity index (χ0v) is 15.0. The van der Waals surface area contributed by atoms with Crippen LogP contribution in [0.25, 0.3) is 0 Å². The van der Waals surface area contributed by atoms with Crippen molar-refractivity contribution in [3.05, 3.63) is 35.4 Å². The van der Waals surface area contributed by atoms with Gasteiger partial charge in [0.2, 0.25) is 5.91 Å². The predicted octanol–water partition coefficient (Wildman–Crippen LogP) is 1.32. The molecule has 1 saturated heterocycles. The Morgan fingerprint density at radius 1 is 1.12 bits per heavy atom. The van der Waals surface area contributed by atoms with Gasteiger partial charge in [-0.3, -0.25) is 9.59 Å². The van der Waals surface area contributed by atoms with Crippen LogP contribution < -0.4 is 0 Å². The van der Waals surface area contributed by atoms with Crippen molar-refractivity contribution in [2.24, 2.45) is 0 Å². The second kappa shape index (κ2) is 7.79. The van der Waals surface area contributed by atoms with Gasteiger partial charge in [-0.2, -0.15) is 0 Å². The smallest absolute Gasteiger partial charge is 0.253 e. The van der Waals surface area contributed by atoms with Crippen LogP contribution in [-0.4, -0.2) is 63.0 Å². The summed E-state index contributed by atoms with van der Waals surface area (Å²) >= 11 is 0. The molecule has 0 N–H and O–H groups in total. The number of carbonyl (C=O) groups is 2. The minimum Gasteiger partial charge on any atom is -0.348 e. The molecule has 0 spiro atoms. The summed E-state index contributed by atoms with van der Waals surface area (Å²) in [4.78, 5) is 27.2. The van der Waals surface area contributed by atoms with Gasteiger partial charge in [0.1, 0.15) is 5.75 Å². The van der Waals surface area contributed by atoms with Crippen LogP contribution in [0.5, 0.6) is 0 Å². The summed E-state index contributed by atoms with van der Waals surface area (Å²) in [6.45, 7) is 1.50. The number of nitrogens with zero attached hydrogens (tertiary/aromatic N) is 2. The highest BCUT2D eigenvalue weighted by Crippen LogP contribution is 2.16. The molecule has 24 heavy (non-hydrogen) atoms. The van der Waals surface area contributed by atoms with Crippen LogP contribution in [0.15, 0.2) is 24.3 Å². The fourth-order valence-corrected chi connectivity index (χ4v) is 4.12. The van der Waals surface area contributed by atoms with Gasteiger partial charge in [-0.05, 0) is 37.0 Å². The zero-order chi connectivity index (χ0) is 17.7. The maximum absolute atomic E-state index is 12.5. The molecule has 1 aliphatic rings. The summed E-state index contributed by atoms with van der Waals surface area (Å²) in [5, 5.41) is 0. The number of benzene rings is 1. The monoisotopic (exact) mass is 352 g/mol. The standard InChI is InChI=1S/C17H24N2O4S/c1-18(2)16(20)13-24(22,23)12-14-7-6-8-15(11-14)17(21)19-9-4-3-5-10-19/h6-8,11H,3-5,9-10,12-13H2,1-2H3. The van der Waals surface area contributed by atoms with Crippen molar-refractivity contribution >= 4 is 21.7 Å². The molecule has 1 aromatic carbocycles. The lowest BCUT2D eigenvalue weighted by Gasteiger charge is -2.26. The number of hydrogen-bond acceptors (Lipinski definition) is 4. The Labute approximate surface area is 143 Å². The van der Waals surface area contributed by atoms with Crippen LogP contribution in [0.2, 0.25) is 0 Å². The van der Waals surface area contributed by atoms with Gasteiger partial charge in [-0.15, -0.1) is 0 Å². The molecule has 0 aliphatic carbocycles. The fraction of sp³-hybridized carbons (Fsp3) is 0.529. The Hall–Kier alpha value is -1.89. The van der Waals surface area contributed by atoms with Gasteiger partial charge < -0.3 is 9.80 Å². The number of rotatable bonds is 5. The third-order valence-corrected chi connectivity index (χ3v) is 5.51. The number of piperidine rings is 1. The molecule has 2 rings (SSSR count). The highest BCUT2D eigenvalue weighted by Gasteiger charge is 2.21. The third kappa shape index (κ3) is 5.06. The number of hydrogen-bond donors (Lipinski definition) is 0. The van der Waals surface area contributed by atoms with Crippen LogP contribution in [0.1, 0.15) is 35.2 Å². The first kappa shape index (κ1) is 18.4. The van der Waals surface area contributed by atoms with Gasteiger partial charge in [-0.25, -0.2) is 8.42 Å². The maximum atomic E-state index is 12.5. The molecule has 0 saturated carbocycles. The van der Waals surface area contributed by atoms with Gasteiger partial charge in [0.15, 0.2) is 9.84 Å². The lowest BCUT2D eigenvalue weighted by Crippen LogP contribution is -2.35. The summed E-state index contributed by atoms with van der Waals surface area (Å²) < 4.78 is 24.3. The molecule has 1 aromatic rings. The molecular formula is C17H24N2O4S. The van der Waals surface area contributed by atoms with Gasteiger partial charge in [-0.1, -0.05) is 12.1 Å². The quantitative estimate of drug-likeness (QED) is 0.801. The molecule has 7 heteroatoms. The minimum atomic E-state index is -3.56. The van der Waals surface area contributed by atoms with Gasteiger partial charge in [0.05, 0.1) is 5.75 Å². The third-order valence-electron chi connectivity index (χ3n) is 4.05. The Bertz CT molecular complexity index is 707. The highest BCUT2D eigenvalue weighted by molar-refractivity contribution is 7.91. The Kier molecular flexibility index (Phi) is 5.99. The van der Waals surface area contributed by atoms with Crippen LogP contribution in [0, 0.1) is 0 Å². The molecule has 0 aromatic heterocycles. The van der Waals surface area contributed by atoms with E-state index in [4.69, 9.17) is 0 Å². The maximum Gasteiger partial charge on any atom is 0.253 e. The molecule has 0 atom stereocenters. The summed E-state index contributed by atoms with van der Waals surface area (Å²) in [6.07, 6.45) is 3.15. The average molecular weight is 352 g/mol. The lowest BCUT2D eigenvalue weighted by atomic mass is 10.1. The van der Waals surface area contributed by atoms with E-state index in [2.05, 4.69) is 0 Å². The van der Waals surface area contributed by atoms with E-state index in [0.717, 1.165) is 32.4 Å². The van der Waals surface area contributed by atoms with E-state index >= 15 is 0 Å². The van der Waals surface area contributed by atoms with Crippen LogP contribution in [0.3, 0.4) is 0 Å². The molecular weight excluding hydrogens is 328 g/mol. The SMILES string of the molecule is CN(C)C(=O)CS(=O)(=O)Cc1cccc(C(=O)N2CCCCC2)c1. The molecule has 2 amide bonds. The molecule has 132 valence electrons. The molecule has 1 aliphatic heterocycles. The van der Waals surface area contributed by atoms with Crippen LogP contribution in [-0.2, 0) is 20.4 Å². The lowest BCUT2D eigenvalue weighted by molar-refractivity contribution is -0.125. The Morgan fingerprint density at radius 2 is 1.79 bits per heavy atom. The predicted molar refractivity (Wildman–Crippen MR) is 92.4 cm³/mol. The van der Waals surface area contributed by atoms with Crippen molar-refractivity contribution in [1.29, 1.82) is 0 Å². The van der Waals surface area contributed by atoms with Crippen molar-refractivity contribution in [2.45, 2.75) is 25.0 Å². The normalized spacial score (nSPS) is 15.2. The molecule has 0 radical (unpaired) electrons. The number of likely N-dealkylation sites (tertiary alicyclic amines) is 1. The molecule has 0 bridgehead atoms. The van der Waals surface area contributed by atoms with E-state index in [1.807, 2.05) is 4.90 Å². The summed E-state index contributed by atoms with van der Waals surface area (Å²) in [6, 6.07) is 6.69. The van der Waals surface area contributed by atoms with Crippen molar-refractivity contribution in [2.75, 3.05) is 32.9 Å². The Balaban J connectivity index is 2.09. The number of amides is 2. The van der Waals surface area contributed by atoms with Gasteiger partial charge in [0.25, 0.3) is 5.91 Å². The molecule has 1 fully saturated rings. The van der Waals surface area contributed by atoms with E-state index in [9.17, 15) is 18.0 Å². The number of carbonyl (C=O) groups excluding carboxylic acids is 2. The van der Waals surface area contributed by atoms with E-state index < -0.39 is 21.5 Å². The number of sulfone groups is 1. The summed E-state index contributed by atoms with van der Waals surface area (Å²) in [5.74, 6) is -1.27. The van der Waals surface area contributed by atoms with Crippen molar-refractivity contribution in [3.63, 3.8) is 0 Å². The second-order valence-electron chi connectivity index (χ2n) is 6.37. The second-order valence-corrected chi connectivity index (χ2v) is 8.44. The molecule has 1 heterocycles. The topological polar surface area (TPSA) is 74.8 Å². The summed E-state index contributed by atoms with van der Waals surface area (Å²) in [5.41, 5.74) is 1.04. The largest absolute Gasteiger partial charge is 0.348 e. The van der Waals surface area contributed by atoms with Crippen molar-refractivity contribution < 1.29 is 18.0 Å².